The van der Waals surface area contributed by atoms with E-state index < -0.39 is 17.9 Å². The molecule has 1 aromatic heterocycles. The minimum absolute atomic E-state index is 0.117. The highest BCUT2D eigenvalue weighted by Crippen LogP contribution is 2.24. The second kappa shape index (κ2) is 4.87. The molecule has 1 amide bonds. The van der Waals surface area contributed by atoms with Gasteiger partial charge in [0.15, 0.2) is 0 Å². The summed E-state index contributed by atoms with van der Waals surface area (Å²) in [7, 11) is 1.52. The topological polar surface area (TPSA) is 59.2 Å². The Morgan fingerprint density at radius 3 is 2.75 bits per heavy atom. The predicted octanol–water partition coefficient (Wildman–Crippen LogP) is 1.69. The van der Waals surface area contributed by atoms with Crippen molar-refractivity contribution in [2.45, 2.75) is 13.3 Å². The number of amides is 1. The van der Waals surface area contributed by atoms with Gasteiger partial charge in [-0.05, 0) is 13.0 Å². The number of carbonyl (C=O) groups excluding carboxylic acids is 1. The number of nitrogens with zero attached hydrogens (tertiary/aromatic N) is 2. The number of hydrogen-bond acceptors (Lipinski definition) is 3. The third-order valence-electron chi connectivity index (χ3n) is 2.20. The molecular formula is C10H13F2N3O. The van der Waals surface area contributed by atoms with Crippen LogP contribution in [0.3, 0.4) is 0 Å². The van der Waals surface area contributed by atoms with Crippen LogP contribution in [0.25, 0.3) is 0 Å². The Balaban J connectivity index is 3.17. The zero-order valence-corrected chi connectivity index (χ0v) is 9.08. The van der Waals surface area contributed by atoms with E-state index in [4.69, 9.17) is 5.73 Å². The minimum atomic E-state index is -2.76. The fourth-order valence-electron chi connectivity index (χ4n) is 1.17. The van der Waals surface area contributed by atoms with Gasteiger partial charge in [0.1, 0.15) is 5.69 Å². The Labute approximate surface area is 92.1 Å². The van der Waals surface area contributed by atoms with Crippen molar-refractivity contribution in [3.63, 3.8) is 0 Å². The van der Waals surface area contributed by atoms with Crippen molar-refractivity contribution < 1.29 is 13.6 Å². The number of aromatic nitrogens is 1. The van der Waals surface area contributed by atoms with Crippen LogP contribution in [0, 0.1) is 0 Å². The molecule has 1 rings (SSSR count). The number of hydrogen-bond donors (Lipinski definition) is 1. The van der Waals surface area contributed by atoms with E-state index in [9.17, 15) is 13.6 Å². The van der Waals surface area contributed by atoms with E-state index >= 15 is 0 Å². The van der Waals surface area contributed by atoms with Gasteiger partial charge in [0.2, 0.25) is 0 Å². The van der Waals surface area contributed by atoms with Gasteiger partial charge in [0.05, 0.1) is 17.4 Å². The molecule has 16 heavy (non-hydrogen) atoms. The molecule has 0 unspecified atom stereocenters. The van der Waals surface area contributed by atoms with Crippen molar-refractivity contribution in [1.82, 2.24) is 9.88 Å². The maximum atomic E-state index is 12.7. The molecule has 88 valence electrons. The number of nitrogen functional groups attached to an aromatic ring is 1. The van der Waals surface area contributed by atoms with E-state index in [-0.39, 0.29) is 11.4 Å². The molecule has 0 bridgehead atoms. The first kappa shape index (κ1) is 12.4. The lowest BCUT2D eigenvalue weighted by Gasteiger charge is -2.16. The molecule has 0 spiro atoms. The third-order valence-corrected chi connectivity index (χ3v) is 2.20. The summed E-state index contributed by atoms with van der Waals surface area (Å²) < 4.78 is 25.3. The fraction of sp³-hybridized carbons (Fsp3) is 0.400. The molecule has 0 aliphatic rings. The van der Waals surface area contributed by atoms with Crippen molar-refractivity contribution in [2.24, 2.45) is 0 Å². The summed E-state index contributed by atoms with van der Waals surface area (Å²) in [6.07, 6.45) is -1.57. The standard InChI is InChI=1S/C10H13F2N3O/c1-3-15(2)10(16)8-7(9(11)12)4-6(13)5-14-8/h4-5,9H,3,13H2,1-2H3. The molecule has 1 heterocycles. The average Bonchev–Trinajstić information content (AvgIpc) is 2.26. The monoisotopic (exact) mass is 229 g/mol. The summed E-state index contributed by atoms with van der Waals surface area (Å²) in [6, 6.07) is 1.08. The summed E-state index contributed by atoms with van der Waals surface area (Å²) in [6.45, 7) is 2.17. The molecule has 0 aliphatic heterocycles. The molecule has 2 N–H and O–H groups in total. The minimum Gasteiger partial charge on any atom is -0.397 e. The first-order chi connectivity index (χ1) is 7.47. The van der Waals surface area contributed by atoms with Crippen LogP contribution in [0.15, 0.2) is 12.3 Å². The molecule has 0 atom stereocenters. The lowest BCUT2D eigenvalue weighted by atomic mass is 10.1. The number of carbonyl (C=O) groups is 1. The Morgan fingerprint density at radius 1 is 1.62 bits per heavy atom. The molecule has 4 nitrogen and oxygen atoms in total. The Kier molecular flexibility index (Phi) is 3.76. The normalized spacial score (nSPS) is 10.6. The van der Waals surface area contributed by atoms with Crippen LogP contribution in [-0.2, 0) is 0 Å². The molecule has 0 radical (unpaired) electrons. The van der Waals surface area contributed by atoms with Crippen LogP contribution in [0.4, 0.5) is 14.5 Å². The van der Waals surface area contributed by atoms with Gasteiger partial charge in [-0.1, -0.05) is 0 Å². The summed E-state index contributed by atoms with van der Waals surface area (Å²) in [5.41, 5.74) is 4.80. The zero-order valence-electron chi connectivity index (χ0n) is 9.08. The summed E-state index contributed by atoms with van der Waals surface area (Å²) in [4.78, 5) is 16.7. The van der Waals surface area contributed by atoms with Crippen molar-refractivity contribution >= 4 is 11.6 Å². The highest BCUT2D eigenvalue weighted by Gasteiger charge is 2.22. The number of nitrogens with two attached hydrogens (primary N) is 1. The maximum absolute atomic E-state index is 12.7. The molecule has 1 aromatic rings. The Bertz CT molecular complexity index is 396. The number of anilines is 1. The van der Waals surface area contributed by atoms with Crippen molar-refractivity contribution in [3.8, 4) is 0 Å². The van der Waals surface area contributed by atoms with E-state index in [2.05, 4.69) is 4.98 Å². The van der Waals surface area contributed by atoms with Gasteiger partial charge >= 0.3 is 0 Å². The van der Waals surface area contributed by atoms with Gasteiger partial charge in [-0.2, -0.15) is 0 Å². The summed E-state index contributed by atoms with van der Waals surface area (Å²) in [5, 5.41) is 0. The predicted molar refractivity (Wildman–Crippen MR) is 56.2 cm³/mol. The van der Waals surface area contributed by atoms with Crippen LogP contribution in [0.1, 0.15) is 29.4 Å². The van der Waals surface area contributed by atoms with Gasteiger partial charge in [-0.3, -0.25) is 4.79 Å². The highest BCUT2D eigenvalue weighted by atomic mass is 19.3. The number of halogens is 2. The molecule has 0 fully saturated rings. The van der Waals surface area contributed by atoms with Gasteiger partial charge in [0, 0.05) is 13.6 Å². The first-order valence-corrected chi connectivity index (χ1v) is 4.76. The SMILES string of the molecule is CCN(C)C(=O)c1ncc(N)cc1C(F)F. The second-order valence-electron chi connectivity index (χ2n) is 3.33. The van der Waals surface area contributed by atoms with Crippen molar-refractivity contribution in [1.29, 1.82) is 0 Å². The lowest BCUT2D eigenvalue weighted by molar-refractivity contribution is 0.0783. The van der Waals surface area contributed by atoms with Crippen LogP contribution < -0.4 is 5.73 Å². The second-order valence-corrected chi connectivity index (χ2v) is 3.33. The smallest absolute Gasteiger partial charge is 0.272 e. The largest absolute Gasteiger partial charge is 0.397 e. The van der Waals surface area contributed by atoms with Crippen LogP contribution >= 0.6 is 0 Å². The molecular weight excluding hydrogens is 216 g/mol. The quantitative estimate of drug-likeness (QED) is 0.858. The highest BCUT2D eigenvalue weighted by molar-refractivity contribution is 5.93. The lowest BCUT2D eigenvalue weighted by Crippen LogP contribution is -2.28. The maximum Gasteiger partial charge on any atom is 0.272 e. The molecule has 6 heteroatoms. The number of rotatable bonds is 3. The van der Waals surface area contributed by atoms with Gasteiger partial charge in [-0.25, -0.2) is 13.8 Å². The Hall–Kier alpha value is -1.72. The molecule has 0 aromatic carbocycles. The number of alkyl halides is 2. The first-order valence-electron chi connectivity index (χ1n) is 4.76. The van der Waals surface area contributed by atoms with E-state index in [1.165, 1.54) is 18.1 Å². The molecule has 0 saturated carbocycles. The fourth-order valence-corrected chi connectivity index (χ4v) is 1.17. The zero-order chi connectivity index (χ0) is 12.3. The van der Waals surface area contributed by atoms with E-state index in [1.54, 1.807) is 6.92 Å². The van der Waals surface area contributed by atoms with Crippen LogP contribution in [-0.4, -0.2) is 29.4 Å². The van der Waals surface area contributed by atoms with E-state index in [0.29, 0.717) is 6.54 Å². The average molecular weight is 229 g/mol. The van der Waals surface area contributed by atoms with Crippen molar-refractivity contribution in [3.05, 3.63) is 23.5 Å². The summed E-state index contributed by atoms with van der Waals surface area (Å²) >= 11 is 0. The van der Waals surface area contributed by atoms with Gasteiger partial charge < -0.3 is 10.6 Å². The van der Waals surface area contributed by atoms with E-state index in [1.807, 2.05) is 0 Å². The van der Waals surface area contributed by atoms with Gasteiger partial charge in [-0.15, -0.1) is 0 Å². The van der Waals surface area contributed by atoms with Crippen LogP contribution in [0.5, 0.6) is 0 Å². The molecule has 0 aliphatic carbocycles. The Morgan fingerprint density at radius 2 is 2.25 bits per heavy atom. The van der Waals surface area contributed by atoms with Gasteiger partial charge in [0.25, 0.3) is 12.3 Å². The van der Waals surface area contributed by atoms with E-state index in [0.717, 1.165) is 6.07 Å². The summed E-state index contributed by atoms with van der Waals surface area (Å²) in [5.74, 6) is -0.530. The van der Waals surface area contributed by atoms with Crippen molar-refractivity contribution in [2.75, 3.05) is 19.3 Å². The third kappa shape index (κ3) is 2.44. The number of pyridine rings is 1. The van der Waals surface area contributed by atoms with Crippen LogP contribution in [0.2, 0.25) is 0 Å². The molecule has 0 saturated heterocycles.